The highest BCUT2D eigenvalue weighted by molar-refractivity contribution is 6.30. The van der Waals surface area contributed by atoms with Crippen LogP contribution in [0.25, 0.3) is 0 Å². The maximum absolute atomic E-state index is 11.5. The molecule has 2 atom stereocenters. The summed E-state index contributed by atoms with van der Waals surface area (Å²) in [6.07, 6.45) is 2.05. The van der Waals surface area contributed by atoms with E-state index in [-0.39, 0.29) is 18.7 Å². The van der Waals surface area contributed by atoms with Gasteiger partial charge in [-0.1, -0.05) is 23.7 Å². The van der Waals surface area contributed by atoms with Crippen LogP contribution in [-0.4, -0.2) is 32.3 Å². The molecule has 0 bridgehead atoms. The van der Waals surface area contributed by atoms with Gasteiger partial charge in [-0.3, -0.25) is 0 Å². The van der Waals surface area contributed by atoms with Crippen molar-refractivity contribution in [2.75, 3.05) is 26.3 Å². The van der Waals surface area contributed by atoms with E-state index in [0.717, 1.165) is 31.5 Å². The van der Waals surface area contributed by atoms with Gasteiger partial charge in [0.1, 0.15) is 6.61 Å². The van der Waals surface area contributed by atoms with Gasteiger partial charge in [0.15, 0.2) is 0 Å². The Labute approximate surface area is 130 Å². The number of carbonyl (C=O) groups is 1. The Bertz CT molecular complexity index is 461. The summed E-state index contributed by atoms with van der Waals surface area (Å²) in [6.45, 7) is 4.06. The van der Waals surface area contributed by atoms with Gasteiger partial charge in [0, 0.05) is 17.5 Å². The lowest BCUT2D eigenvalue weighted by atomic mass is 9.89. The molecule has 2 rings (SSSR count). The number of nitrogens with one attached hydrogen (secondary N) is 1. The number of ether oxygens (including phenoxy) is 2. The molecule has 1 aliphatic heterocycles. The predicted octanol–water partition coefficient (Wildman–Crippen LogP) is 2.96. The van der Waals surface area contributed by atoms with Gasteiger partial charge >= 0.3 is 5.97 Å². The van der Waals surface area contributed by atoms with E-state index in [1.807, 2.05) is 24.3 Å². The highest BCUT2D eigenvalue weighted by Gasteiger charge is 2.26. The second-order valence-corrected chi connectivity index (χ2v) is 5.63. The molecule has 1 aromatic rings. The first-order valence-corrected chi connectivity index (χ1v) is 7.82. The molecule has 1 aromatic carbocycles. The van der Waals surface area contributed by atoms with E-state index < -0.39 is 0 Å². The van der Waals surface area contributed by atoms with Crippen molar-refractivity contribution in [1.29, 1.82) is 0 Å². The van der Waals surface area contributed by atoms with E-state index in [2.05, 4.69) is 5.32 Å². The minimum Gasteiger partial charge on any atom is -0.464 e. The number of hydrogen-bond acceptors (Lipinski definition) is 4. The Morgan fingerprint density at radius 1 is 1.52 bits per heavy atom. The highest BCUT2D eigenvalue weighted by atomic mass is 35.5. The summed E-state index contributed by atoms with van der Waals surface area (Å²) in [5.74, 6) is 0.0138. The van der Waals surface area contributed by atoms with Crippen LogP contribution in [0.4, 0.5) is 0 Å². The van der Waals surface area contributed by atoms with Crippen LogP contribution in [0.15, 0.2) is 24.3 Å². The topological polar surface area (TPSA) is 47.6 Å². The molecule has 1 saturated heterocycles. The van der Waals surface area contributed by atoms with Gasteiger partial charge in [0.25, 0.3) is 0 Å². The second-order valence-electron chi connectivity index (χ2n) is 5.20. The standard InChI is InChI=1S/C16H22ClNO3/c1-2-20-15(19)11-21-16(13-6-4-8-18-10-13)12-5-3-7-14(17)9-12/h3,5,7,9,13,16,18H,2,4,6,8,10-11H2,1H3/t13-,16+/m1/s1. The predicted molar refractivity (Wildman–Crippen MR) is 82.4 cm³/mol. The summed E-state index contributed by atoms with van der Waals surface area (Å²) in [4.78, 5) is 11.5. The first kappa shape index (κ1) is 16.3. The van der Waals surface area contributed by atoms with Crippen LogP contribution < -0.4 is 5.32 Å². The molecular weight excluding hydrogens is 290 g/mol. The smallest absolute Gasteiger partial charge is 0.332 e. The molecular formula is C16H22ClNO3. The molecule has 0 unspecified atom stereocenters. The minimum absolute atomic E-state index is 0.0263. The third-order valence-corrected chi connectivity index (χ3v) is 3.86. The van der Waals surface area contributed by atoms with Crippen molar-refractivity contribution in [3.63, 3.8) is 0 Å². The second kappa shape index (κ2) is 8.37. The zero-order valence-electron chi connectivity index (χ0n) is 12.3. The highest BCUT2D eigenvalue weighted by Crippen LogP contribution is 2.31. The molecule has 1 heterocycles. The van der Waals surface area contributed by atoms with Crippen LogP contribution in [-0.2, 0) is 14.3 Å². The molecule has 1 N–H and O–H groups in total. The van der Waals surface area contributed by atoms with E-state index in [1.54, 1.807) is 6.92 Å². The van der Waals surface area contributed by atoms with Gasteiger partial charge in [-0.25, -0.2) is 4.79 Å². The summed E-state index contributed by atoms with van der Waals surface area (Å²) in [6, 6.07) is 7.66. The first-order chi connectivity index (χ1) is 10.2. The van der Waals surface area contributed by atoms with Gasteiger partial charge in [0.05, 0.1) is 12.7 Å². The number of piperidine rings is 1. The molecule has 0 spiro atoms. The Kier molecular flexibility index (Phi) is 6.49. The van der Waals surface area contributed by atoms with Crippen LogP contribution in [0, 0.1) is 5.92 Å². The van der Waals surface area contributed by atoms with Gasteiger partial charge in [0.2, 0.25) is 0 Å². The fourth-order valence-corrected chi connectivity index (χ4v) is 2.88. The number of carbonyl (C=O) groups excluding carboxylic acids is 1. The number of esters is 1. The molecule has 0 radical (unpaired) electrons. The third kappa shape index (κ3) is 4.99. The van der Waals surface area contributed by atoms with E-state index in [9.17, 15) is 4.79 Å². The largest absolute Gasteiger partial charge is 0.464 e. The number of benzene rings is 1. The van der Waals surface area contributed by atoms with Crippen molar-refractivity contribution >= 4 is 17.6 Å². The summed E-state index contributed by atoms with van der Waals surface area (Å²) in [7, 11) is 0. The van der Waals surface area contributed by atoms with Crippen LogP contribution in [0.1, 0.15) is 31.4 Å². The van der Waals surface area contributed by atoms with E-state index in [0.29, 0.717) is 17.5 Å². The third-order valence-electron chi connectivity index (χ3n) is 3.63. The van der Waals surface area contributed by atoms with E-state index in [4.69, 9.17) is 21.1 Å². The number of halogens is 1. The first-order valence-electron chi connectivity index (χ1n) is 7.44. The Balaban J connectivity index is 2.07. The zero-order chi connectivity index (χ0) is 15.1. The summed E-state index contributed by atoms with van der Waals surface area (Å²) in [5.41, 5.74) is 1.01. The molecule has 0 aromatic heterocycles. The van der Waals surface area contributed by atoms with Crippen LogP contribution >= 0.6 is 11.6 Å². The number of rotatable bonds is 6. The molecule has 4 nitrogen and oxygen atoms in total. The summed E-state index contributed by atoms with van der Waals surface area (Å²) >= 11 is 6.08. The summed E-state index contributed by atoms with van der Waals surface area (Å²) in [5, 5.41) is 4.06. The van der Waals surface area contributed by atoms with Crippen LogP contribution in [0.2, 0.25) is 5.02 Å². The Hall–Kier alpha value is -1.10. The Morgan fingerprint density at radius 2 is 2.38 bits per heavy atom. The molecule has 0 aliphatic carbocycles. The van der Waals surface area contributed by atoms with E-state index in [1.165, 1.54) is 0 Å². The lowest BCUT2D eigenvalue weighted by molar-refractivity contribution is -0.152. The molecule has 0 amide bonds. The van der Waals surface area contributed by atoms with Gasteiger partial charge in [-0.05, 0) is 44.0 Å². The zero-order valence-corrected chi connectivity index (χ0v) is 13.1. The molecule has 5 heteroatoms. The van der Waals surface area contributed by atoms with Crippen LogP contribution in [0.5, 0.6) is 0 Å². The molecule has 21 heavy (non-hydrogen) atoms. The van der Waals surface area contributed by atoms with Crippen molar-refractivity contribution in [2.45, 2.75) is 25.9 Å². The van der Waals surface area contributed by atoms with Crippen LogP contribution in [0.3, 0.4) is 0 Å². The maximum atomic E-state index is 11.5. The molecule has 116 valence electrons. The molecule has 1 fully saturated rings. The van der Waals surface area contributed by atoms with Crippen molar-refractivity contribution in [3.05, 3.63) is 34.9 Å². The summed E-state index contributed by atoms with van der Waals surface area (Å²) < 4.78 is 10.8. The van der Waals surface area contributed by atoms with Crippen molar-refractivity contribution in [1.82, 2.24) is 5.32 Å². The van der Waals surface area contributed by atoms with E-state index >= 15 is 0 Å². The molecule has 0 saturated carbocycles. The maximum Gasteiger partial charge on any atom is 0.332 e. The fourth-order valence-electron chi connectivity index (χ4n) is 2.69. The Morgan fingerprint density at radius 3 is 3.05 bits per heavy atom. The lowest BCUT2D eigenvalue weighted by Crippen LogP contribution is -2.35. The van der Waals surface area contributed by atoms with Crippen molar-refractivity contribution in [3.8, 4) is 0 Å². The average molecular weight is 312 g/mol. The minimum atomic E-state index is -0.326. The van der Waals surface area contributed by atoms with Crippen molar-refractivity contribution < 1.29 is 14.3 Å². The fraction of sp³-hybridized carbons (Fsp3) is 0.562. The number of hydrogen-bond donors (Lipinski definition) is 1. The van der Waals surface area contributed by atoms with Gasteiger partial charge < -0.3 is 14.8 Å². The SMILES string of the molecule is CCOC(=O)CO[C@@H](c1cccc(Cl)c1)[C@@H]1CCCNC1. The molecule has 1 aliphatic rings. The monoisotopic (exact) mass is 311 g/mol. The van der Waals surface area contributed by atoms with Gasteiger partial charge in [-0.15, -0.1) is 0 Å². The normalized spacial score (nSPS) is 20.0. The van der Waals surface area contributed by atoms with Gasteiger partial charge in [-0.2, -0.15) is 0 Å². The average Bonchev–Trinajstić information content (AvgIpc) is 2.49. The lowest BCUT2D eigenvalue weighted by Gasteiger charge is -2.31. The van der Waals surface area contributed by atoms with Crippen molar-refractivity contribution in [2.24, 2.45) is 5.92 Å². The quantitative estimate of drug-likeness (QED) is 0.821.